The Morgan fingerprint density at radius 1 is 0.349 bits per heavy atom. The van der Waals surface area contributed by atoms with Crippen molar-refractivity contribution in [3.05, 3.63) is 109 Å². The lowest BCUT2D eigenvalue weighted by Gasteiger charge is -2.18. The van der Waals surface area contributed by atoms with Gasteiger partial charge >= 0.3 is 17.9 Å². The largest absolute Gasteiger partial charge is 0.462 e. The van der Waals surface area contributed by atoms with Crippen LogP contribution in [0.3, 0.4) is 0 Å². The summed E-state index contributed by atoms with van der Waals surface area (Å²) in [6, 6.07) is 0. The van der Waals surface area contributed by atoms with E-state index in [2.05, 4.69) is 75.5 Å². The molecule has 0 heterocycles. The van der Waals surface area contributed by atoms with Crippen LogP contribution in [0.25, 0.3) is 0 Å². The molecule has 0 aromatic rings. The SMILES string of the molecule is CC/C=C/C=C/C=C/C=C/C=C/CCCC(=O)OCC(COC(=O)CCC/C=C/C/C=C/C/C=C/CCCCCCCC)OC(=O)CCCCCCCCC/C=C/CCCCCC. The summed E-state index contributed by atoms with van der Waals surface area (Å²) in [5.41, 5.74) is 0. The maximum atomic E-state index is 12.8. The second kappa shape index (κ2) is 50.7. The number of hydrogen-bond donors (Lipinski definition) is 0. The zero-order chi connectivity index (χ0) is 45.8. The van der Waals surface area contributed by atoms with Crippen LogP contribution < -0.4 is 0 Å². The first-order valence-electron chi connectivity index (χ1n) is 25.5. The first kappa shape index (κ1) is 59.1. The summed E-state index contributed by atoms with van der Waals surface area (Å²) >= 11 is 0. The van der Waals surface area contributed by atoms with Gasteiger partial charge in [0.25, 0.3) is 0 Å². The Morgan fingerprint density at radius 2 is 0.698 bits per heavy atom. The normalized spacial score (nSPS) is 13.0. The number of ether oxygens (including phenoxy) is 3. The molecule has 0 amide bonds. The van der Waals surface area contributed by atoms with Crippen molar-refractivity contribution in [3.8, 4) is 0 Å². The predicted molar refractivity (Wildman–Crippen MR) is 270 cm³/mol. The maximum Gasteiger partial charge on any atom is 0.306 e. The molecular formula is C57H92O6. The topological polar surface area (TPSA) is 78.9 Å². The highest BCUT2D eigenvalue weighted by Crippen LogP contribution is 2.13. The van der Waals surface area contributed by atoms with Crippen molar-refractivity contribution in [1.82, 2.24) is 0 Å². The minimum atomic E-state index is -0.830. The van der Waals surface area contributed by atoms with Crippen molar-refractivity contribution < 1.29 is 28.6 Å². The molecule has 63 heavy (non-hydrogen) atoms. The Balaban J connectivity index is 4.57. The van der Waals surface area contributed by atoms with Crippen LogP contribution in [0.1, 0.15) is 213 Å². The first-order valence-corrected chi connectivity index (χ1v) is 25.5. The predicted octanol–water partition coefficient (Wildman–Crippen LogP) is 16.8. The number of allylic oxidation sites excluding steroid dienone is 18. The van der Waals surface area contributed by atoms with E-state index in [0.717, 1.165) is 51.4 Å². The van der Waals surface area contributed by atoms with E-state index in [0.29, 0.717) is 19.3 Å². The number of carbonyl (C=O) groups excluding carboxylic acids is 3. The number of hydrogen-bond acceptors (Lipinski definition) is 6. The van der Waals surface area contributed by atoms with Gasteiger partial charge in [-0.3, -0.25) is 14.4 Å². The molecule has 0 N–H and O–H groups in total. The van der Waals surface area contributed by atoms with Gasteiger partial charge in [0.2, 0.25) is 0 Å². The average Bonchev–Trinajstić information content (AvgIpc) is 3.28. The summed E-state index contributed by atoms with van der Waals surface area (Å²) in [6.07, 6.45) is 68.0. The molecule has 0 rings (SSSR count). The van der Waals surface area contributed by atoms with Gasteiger partial charge in [0.15, 0.2) is 6.10 Å². The smallest absolute Gasteiger partial charge is 0.306 e. The first-order chi connectivity index (χ1) is 31.0. The molecule has 0 bridgehead atoms. The quantitative estimate of drug-likeness (QED) is 0.0199. The minimum Gasteiger partial charge on any atom is -0.462 e. The van der Waals surface area contributed by atoms with Crippen molar-refractivity contribution in [3.63, 3.8) is 0 Å². The van der Waals surface area contributed by atoms with Crippen LogP contribution in [-0.4, -0.2) is 37.2 Å². The molecule has 0 saturated heterocycles. The molecule has 0 spiro atoms. The van der Waals surface area contributed by atoms with Crippen LogP contribution in [0.4, 0.5) is 0 Å². The highest BCUT2D eigenvalue weighted by molar-refractivity contribution is 5.71. The Morgan fingerprint density at radius 3 is 1.19 bits per heavy atom. The molecule has 356 valence electrons. The van der Waals surface area contributed by atoms with Crippen molar-refractivity contribution in [2.24, 2.45) is 0 Å². The average molecular weight is 873 g/mol. The number of esters is 3. The Kier molecular flexibility index (Phi) is 47.5. The van der Waals surface area contributed by atoms with E-state index in [-0.39, 0.29) is 44.0 Å². The highest BCUT2D eigenvalue weighted by Gasteiger charge is 2.19. The third kappa shape index (κ3) is 49.0. The number of unbranched alkanes of at least 4 members (excludes halogenated alkanes) is 19. The Bertz CT molecular complexity index is 1330. The number of rotatable bonds is 44. The maximum absolute atomic E-state index is 12.8. The van der Waals surface area contributed by atoms with E-state index in [9.17, 15) is 14.4 Å². The van der Waals surface area contributed by atoms with Crippen molar-refractivity contribution in [2.45, 2.75) is 219 Å². The number of carbonyl (C=O) groups is 3. The molecule has 6 heteroatoms. The molecule has 0 radical (unpaired) electrons. The van der Waals surface area contributed by atoms with Crippen LogP contribution in [0.2, 0.25) is 0 Å². The third-order valence-corrected chi connectivity index (χ3v) is 10.4. The highest BCUT2D eigenvalue weighted by atomic mass is 16.6. The van der Waals surface area contributed by atoms with E-state index in [4.69, 9.17) is 14.2 Å². The van der Waals surface area contributed by atoms with E-state index in [1.54, 1.807) is 0 Å². The fraction of sp³-hybridized carbons (Fsp3) is 0.632. The zero-order valence-electron chi connectivity index (χ0n) is 40.5. The Labute approximate surface area is 387 Å². The van der Waals surface area contributed by atoms with E-state index in [1.165, 1.54) is 109 Å². The van der Waals surface area contributed by atoms with Crippen LogP contribution in [0.15, 0.2) is 109 Å². The second-order valence-electron chi connectivity index (χ2n) is 16.5. The van der Waals surface area contributed by atoms with Gasteiger partial charge in [0.05, 0.1) is 0 Å². The Hall–Kier alpha value is -3.93. The van der Waals surface area contributed by atoms with Gasteiger partial charge in [-0.1, -0.05) is 214 Å². The van der Waals surface area contributed by atoms with Gasteiger partial charge in [-0.05, 0) is 89.9 Å². The molecule has 0 saturated carbocycles. The molecule has 0 aliphatic heterocycles. The van der Waals surface area contributed by atoms with E-state index >= 15 is 0 Å². The standard InChI is InChI=1S/C57H92O6/c1-4-7-10-13-16-19-22-25-27-28-30-32-35-38-41-44-47-50-56(59)62-53-54(52-61-55(58)49-46-43-40-37-34-31-24-21-18-15-12-9-6-3)63-57(60)51-48-45-42-39-36-33-29-26-23-20-17-14-11-8-5-2/h9,12,15,18,20-21,23-25,27,30-32,34,37-38,40-41,54H,4-8,10-11,13-14,16-17,19,22,26,28-29,33,35-36,39,42-53H2,1-3H3/b12-9+,18-15+,23-20+,24-21+,27-25+,32-30+,34-31+,40-37+,41-38+. The van der Waals surface area contributed by atoms with Crippen molar-refractivity contribution in [2.75, 3.05) is 13.2 Å². The van der Waals surface area contributed by atoms with Crippen LogP contribution in [0.5, 0.6) is 0 Å². The molecular weight excluding hydrogens is 781 g/mol. The molecule has 0 aliphatic rings. The van der Waals surface area contributed by atoms with Gasteiger partial charge in [0, 0.05) is 19.3 Å². The minimum absolute atomic E-state index is 0.130. The second-order valence-corrected chi connectivity index (χ2v) is 16.5. The van der Waals surface area contributed by atoms with Crippen molar-refractivity contribution in [1.29, 1.82) is 0 Å². The van der Waals surface area contributed by atoms with Crippen molar-refractivity contribution >= 4 is 17.9 Å². The fourth-order valence-electron chi connectivity index (χ4n) is 6.54. The molecule has 1 atom stereocenters. The van der Waals surface area contributed by atoms with Crippen LogP contribution in [-0.2, 0) is 28.6 Å². The van der Waals surface area contributed by atoms with E-state index < -0.39 is 6.10 Å². The molecule has 0 aliphatic carbocycles. The van der Waals surface area contributed by atoms with Crippen LogP contribution >= 0.6 is 0 Å². The fourth-order valence-corrected chi connectivity index (χ4v) is 6.54. The molecule has 6 nitrogen and oxygen atoms in total. The third-order valence-electron chi connectivity index (χ3n) is 10.4. The summed E-state index contributed by atoms with van der Waals surface area (Å²) in [4.78, 5) is 37.9. The van der Waals surface area contributed by atoms with Gasteiger partial charge in [0.1, 0.15) is 13.2 Å². The van der Waals surface area contributed by atoms with Crippen LogP contribution in [0, 0.1) is 0 Å². The van der Waals surface area contributed by atoms with Gasteiger partial charge in [-0.25, -0.2) is 0 Å². The molecule has 0 fully saturated rings. The molecule has 0 aromatic heterocycles. The van der Waals surface area contributed by atoms with Gasteiger partial charge in [-0.2, -0.15) is 0 Å². The summed E-state index contributed by atoms with van der Waals surface area (Å²) < 4.78 is 16.7. The summed E-state index contributed by atoms with van der Waals surface area (Å²) in [6.45, 7) is 6.35. The summed E-state index contributed by atoms with van der Waals surface area (Å²) in [5.74, 6) is -1.06. The lowest BCUT2D eigenvalue weighted by Crippen LogP contribution is -2.30. The lowest BCUT2D eigenvalue weighted by molar-refractivity contribution is -0.167. The van der Waals surface area contributed by atoms with E-state index in [1.807, 2.05) is 54.7 Å². The zero-order valence-corrected chi connectivity index (χ0v) is 40.5. The monoisotopic (exact) mass is 873 g/mol. The summed E-state index contributed by atoms with van der Waals surface area (Å²) in [5, 5.41) is 0. The lowest BCUT2D eigenvalue weighted by atomic mass is 10.1. The molecule has 1 unspecified atom stereocenters. The van der Waals surface area contributed by atoms with Gasteiger partial charge < -0.3 is 14.2 Å². The molecule has 0 aromatic carbocycles. The summed E-state index contributed by atoms with van der Waals surface area (Å²) in [7, 11) is 0. The van der Waals surface area contributed by atoms with Gasteiger partial charge in [-0.15, -0.1) is 0 Å².